The fraction of sp³-hybridized carbons (Fsp3) is 0.929. The van der Waals surface area contributed by atoms with Crippen LogP contribution in [0.2, 0.25) is 0 Å². The second-order valence-corrected chi connectivity index (χ2v) is 5.84. The van der Waals surface area contributed by atoms with Crippen LogP contribution >= 0.6 is 24.8 Å². The molecule has 0 aliphatic carbocycles. The molecule has 1 aliphatic heterocycles. The minimum atomic E-state index is -0.320. The molecule has 0 bridgehead atoms. The van der Waals surface area contributed by atoms with Crippen molar-refractivity contribution in [3.8, 4) is 0 Å². The number of aliphatic hydroxyl groups excluding tert-OH is 1. The summed E-state index contributed by atoms with van der Waals surface area (Å²) < 4.78 is 0. The average molecular weight is 344 g/mol. The Morgan fingerprint density at radius 3 is 2.29 bits per heavy atom. The van der Waals surface area contributed by atoms with E-state index in [4.69, 9.17) is 5.73 Å². The first-order valence-electron chi connectivity index (χ1n) is 7.33. The van der Waals surface area contributed by atoms with Gasteiger partial charge in [-0.2, -0.15) is 0 Å². The van der Waals surface area contributed by atoms with E-state index in [0.717, 1.165) is 26.1 Å². The zero-order valence-corrected chi connectivity index (χ0v) is 15.1. The van der Waals surface area contributed by atoms with Gasteiger partial charge in [0.05, 0.1) is 12.0 Å². The molecule has 128 valence electrons. The van der Waals surface area contributed by atoms with Gasteiger partial charge in [-0.05, 0) is 20.3 Å². The van der Waals surface area contributed by atoms with Gasteiger partial charge in [-0.1, -0.05) is 13.8 Å². The molecule has 1 rings (SSSR count). The van der Waals surface area contributed by atoms with E-state index in [2.05, 4.69) is 11.8 Å². The van der Waals surface area contributed by atoms with Crippen molar-refractivity contribution in [1.82, 2.24) is 9.80 Å². The summed E-state index contributed by atoms with van der Waals surface area (Å²) in [4.78, 5) is 16.5. The number of aliphatic hydroxyl groups is 1. The molecule has 3 N–H and O–H groups in total. The highest BCUT2D eigenvalue weighted by atomic mass is 35.5. The lowest BCUT2D eigenvalue weighted by Crippen LogP contribution is -2.57. The van der Waals surface area contributed by atoms with Crippen LogP contribution < -0.4 is 5.73 Å². The largest absolute Gasteiger partial charge is 0.392 e. The maximum atomic E-state index is 12.3. The smallest absolute Gasteiger partial charge is 0.227 e. The highest BCUT2D eigenvalue weighted by molar-refractivity contribution is 5.85. The number of halogens is 2. The first-order valence-corrected chi connectivity index (χ1v) is 7.33. The normalized spacial score (nSPS) is 23.5. The van der Waals surface area contributed by atoms with Crippen LogP contribution in [-0.4, -0.2) is 65.2 Å². The third-order valence-corrected chi connectivity index (χ3v) is 4.06. The van der Waals surface area contributed by atoms with Gasteiger partial charge in [0.25, 0.3) is 0 Å². The number of carbonyl (C=O) groups excluding carboxylic acids is 1. The van der Waals surface area contributed by atoms with Gasteiger partial charge in [0.1, 0.15) is 0 Å². The molecule has 0 spiro atoms. The first kappa shape index (κ1) is 23.2. The van der Waals surface area contributed by atoms with Gasteiger partial charge in [0.15, 0.2) is 0 Å². The van der Waals surface area contributed by atoms with E-state index in [1.165, 1.54) is 0 Å². The Bertz CT molecular complexity index is 304. The molecule has 0 aromatic heterocycles. The maximum Gasteiger partial charge on any atom is 0.227 e. The number of carbonyl (C=O) groups is 1. The third kappa shape index (κ3) is 6.70. The molecule has 7 heteroatoms. The molecule has 4 unspecified atom stereocenters. The van der Waals surface area contributed by atoms with Crippen LogP contribution in [0.1, 0.15) is 34.1 Å². The summed E-state index contributed by atoms with van der Waals surface area (Å²) in [7, 11) is 0. The molecule has 5 nitrogen and oxygen atoms in total. The predicted molar refractivity (Wildman–Crippen MR) is 91.2 cm³/mol. The minimum Gasteiger partial charge on any atom is -0.392 e. The highest BCUT2D eigenvalue weighted by Gasteiger charge is 2.31. The van der Waals surface area contributed by atoms with E-state index in [0.29, 0.717) is 12.6 Å². The predicted octanol–water partition coefficient (Wildman–Crippen LogP) is 1.12. The number of nitrogens with zero attached hydrogens (tertiary/aromatic N) is 2. The standard InChI is InChI=1S/C14H29N3O2.2ClH/c1-5-13-9-17(14(19)11(3)12(4)15)7-6-16(13)8-10(2)18;;/h10-13,18H,5-9,15H2,1-4H3;2*1H. The average Bonchev–Trinajstić information content (AvgIpc) is 2.36. The molecule has 0 aromatic carbocycles. The lowest BCUT2D eigenvalue weighted by Gasteiger charge is -2.42. The van der Waals surface area contributed by atoms with E-state index in [1.807, 2.05) is 25.7 Å². The van der Waals surface area contributed by atoms with Crippen molar-refractivity contribution in [3.05, 3.63) is 0 Å². The Morgan fingerprint density at radius 2 is 1.86 bits per heavy atom. The zero-order chi connectivity index (χ0) is 14.6. The molecule has 0 aromatic rings. The SMILES string of the molecule is CCC1CN(C(=O)C(C)C(C)N)CCN1CC(C)O.Cl.Cl. The van der Waals surface area contributed by atoms with Gasteiger partial charge in [0.2, 0.25) is 5.91 Å². The van der Waals surface area contributed by atoms with Crippen molar-refractivity contribution in [2.75, 3.05) is 26.2 Å². The van der Waals surface area contributed by atoms with Crippen LogP contribution in [-0.2, 0) is 4.79 Å². The lowest BCUT2D eigenvalue weighted by molar-refractivity contribution is -0.138. The van der Waals surface area contributed by atoms with Gasteiger partial charge in [-0.25, -0.2) is 0 Å². The molecule has 1 aliphatic rings. The van der Waals surface area contributed by atoms with Gasteiger partial charge < -0.3 is 15.7 Å². The van der Waals surface area contributed by atoms with Gasteiger partial charge in [-0.15, -0.1) is 24.8 Å². The van der Waals surface area contributed by atoms with E-state index in [1.54, 1.807) is 0 Å². The number of nitrogens with two attached hydrogens (primary N) is 1. The number of piperazine rings is 1. The fourth-order valence-electron chi connectivity index (χ4n) is 2.57. The number of hydrogen-bond donors (Lipinski definition) is 2. The van der Waals surface area contributed by atoms with Crippen molar-refractivity contribution in [2.45, 2.75) is 52.3 Å². The van der Waals surface area contributed by atoms with Crippen molar-refractivity contribution >= 4 is 30.7 Å². The first-order chi connectivity index (χ1) is 8.86. The van der Waals surface area contributed by atoms with Crippen molar-refractivity contribution in [1.29, 1.82) is 0 Å². The number of hydrogen-bond acceptors (Lipinski definition) is 4. The van der Waals surface area contributed by atoms with E-state index >= 15 is 0 Å². The molecule has 1 heterocycles. The second-order valence-electron chi connectivity index (χ2n) is 5.84. The Labute approximate surface area is 141 Å². The van der Waals surface area contributed by atoms with Crippen molar-refractivity contribution in [3.63, 3.8) is 0 Å². The summed E-state index contributed by atoms with van der Waals surface area (Å²) in [5, 5.41) is 9.52. The molecule has 0 radical (unpaired) electrons. The summed E-state index contributed by atoms with van der Waals surface area (Å²) in [6, 6.07) is 0.232. The van der Waals surface area contributed by atoms with Crippen molar-refractivity contribution in [2.24, 2.45) is 11.7 Å². The van der Waals surface area contributed by atoms with Crippen LogP contribution in [0.25, 0.3) is 0 Å². The third-order valence-electron chi connectivity index (χ3n) is 4.06. The fourth-order valence-corrected chi connectivity index (χ4v) is 2.57. The van der Waals surface area contributed by atoms with Crippen molar-refractivity contribution < 1.29 is 9.90 Å². The molecular formula is C14H31Cl2N3O2. The summed E-state index contributed by atoms with van der Waals surface area (Å²) in [5.74, 6) is 0.0333. The molecule has 4 atom stereocenters. The minimum absolute atomic E-state index is 0. The maximum absolute atomic E-state index is 12.3. The van der Waals surface area contributed by atoms with Gasteiger partial charge in [0, 0.05) is 38.3 Å². The molecular weight excluding hydrogens is 313 g/mol. The Kier molecular flexibility index (Phi) is 11.7. The Balaban J connectivity index is 0. The van der Waals surface area contributed by atoms with Gasteiger partial charge >= 0.3 is 0 Å². The molecule has 1 amide bonds. The number of amides is 1. The molecule has 1 saturated heterocycles. The zero-order valence-electron chi connectivity index (χ0n) is 13.5. The highest BCUT2D eigenvalue weighted by Crippen LogP contribution is 2.16. The summed E-state index contributed by atoms with van der Waals surface area (Å²) >= 11 is 0. The number of β-amino-alcohol motifs (C(OH)–C–C–N with tert-alkyl or cyclic N) is 1. The summed E-state index contributed by atoms with van der Waals surface area (Å²) in [6.07, 6.45) is 0.669. The molecule has 0 saturated carbocycles. The van der Waals surface area contributed by atoms with Crippen LogP contribution in [0.5, 0.6) is 0 Å². The quantitative estimate of drug-likeness (QED) is 0.784. The van der Waals surface area contributed by atoms with Crippen LogP contribution in [0, 0.1) is 5.92 Å². The van der Waals surface area contributed by atoms with E-state index in [9.17, 15) is 9.90 Å². The Morgan fingerprint density at radius 1 is 1.29 bits per heavy atom. The number of rotatable bonds is 5. The van der Waals surface area contributed by atoms with Crippen LogP contribution in [0.4, 0.5) is 0 Å². The van der Waals surface area contributed by atoms with E-state index in [-0.39, 0.29) is 48.8 Å². The molecule has 21 heavy (non-hydrogen) atoms. The monoisotopic (exact) mass is 343 g/mol. The van der Waals surface area contributed by atoms with Crippen LogP contribution in [0.15, 0.2) is 0 Å². The topological polar surface area (TPSA) is 69.8 Å². The summed E-state index contributed by atoms with van der Waals surface area (Å²) in [5.41, 5.74) is 5.81. The second kappa shape index (κ2) is 10.6. The van der Waals surface area contributed by atoms with E-state index < -0.39 is 0 Å². The van der Waals surface area contributed by atoms with Crippen LogP contribution in [0.3, 0.4) is 0 Å². The lowest BCUT2D eigenvalue weighted by atomic mass is 10.0. The molecule has 1 fully saturated rings. The Hall–Kier alpha value is -0.0700. The summed E-state index contributed by atoms with van der Waals surface area (Å²) in [6.45, 7) is 10.7. The van der Waals surface area contributed by atoms with Gasteiger partial charge in [-0.3, -0.25) is 9.69 Å².